The van der Waals surface area contributed by atoms with Crippen LogP contribution in [0.5, 0.6) is 0 Å². The minimum atomic E-state index is 0.0841. The van der Waals surface area contributed by atoms with E-state index < -0.39 is 0 Å². The number of ether oxygens (including phenoxy) is 1. The van der Waals surface area contributed by atoms with E-state index in [1.165, 1.54) is 0 Å². The molecule has 2 N–H and O–H groups in total. The average molecular weight is 227 g/mol. The van der Waals surface area contributed by atoms with E-state index in [1.807, 2.05) is 5.51 Å². The Morgan fingerprint density at radius 3 is 3.20 bits per heavy atom. The molecule has 5 heteroatoms. The van der Waals surface area contributed by atoms with Crippen LogP contribution < -0.4 is 5.73 Å². The molecule has 1 saturated heterocycles. The number of rotatable bonds is 3. The molecule has 4 nitrogen and oxygen atoms in total. The average Bonchev–Trinajstić information content (AvgIpc) is 2.81. The minimum Gasteiger partial charge on any atom is -0.374 e. The van der Waals surface area contributed by atoms with Crippen LogP contribution >= 0.6 is 11.3 Å². The van der Waals surface area contributed by atoms with E-state index in [4.69, 9.17) is 10.5 Å². The SMILES string of the molecule is CCN1CCOC(CN)C1c1cscn1. The van der Waals surface area contributed by atoms with Crippen LogP contribution in [0.25, 0.3) is 0 Å². The van der Waals surface area contributed by atoms with Crippen LogP contribution in [0, 0.1) is 0 Å². The van der Waals surface area contributed by atoms with E-state index in [9.17, 15) is 0 Å². The van der Waals surface area contributed by atoms with Gasteiger partial charge in [-0.25, -0.2) is 4.98 Å². The van der Waals surface area contributed by atoms with Crippen LogP contribution in [0.1, 0.15) is 18.7 Å². The Morgan fingerprint density at radius 1 is 1.73 bits per heavy atom. The van der Waals surface area contributed by atoms with Crippen molar-refractivity contribution in [2.45, 2.75) is 19.1 Å². The van der Waals surface area contributed by atoms with Crippen LogP contribution in [-0.2, 0) is 4.74 Å². The van der Waals surface area contributed by atoms with E-state index in [2.05, 4.69) is 22.2 Å². The first-order chi connectivity index (χ1) is 7.36. The molecule has 1 aromatic rings. The molecule has 15 heavy (non-hydrogen) atoms. The Kier molecular flexibility index (Phi) is 3.69. The van der Waals surface area contributed by atoms with Gasteiger partial charge in [0.05, 0.1) is 30.0 Å². The first-order valence-electron chi connectivity index (χ1n) is 5.30. The number of hydrogen-bond donors (Lipinski definition) is 1. The fourth-order valence-corrected chi connectivity index (χ4v) is 2.67. The molecule has 0 bridgehead atoms. The summed E-state index contributed by atoms with van der Waals surface area (Å²) in [5, 5.41) is 2.09. The first-order valence-corrected chi connectivity index (χ1v) is 6.25. The van der Waals surface area contributed by atoms with Gasteiger partial charge in [-0.05, 0) is 6.54 Å². The predicted octanol–water partition coefficient (Wildman–Crippen LogP) is 0.864. The van der Waals surface area contributed by atoms with Gasteiger partial charge in [0.15, 0.2) is 0 Å². The summed E-state index contributed by atoms with van der Waals surface area (Å²) in [4.78, 5) is 6.76. The molecule has 84 valence electrons. The quantitative estimate of drug-likeness (QED) is 0.832. The standard InChI is InChI=1S/C10H17N3OS/c1-2-13-3-4-14-9(5-11)10(13)8-6-15-7-12-8/h6-7,9-10H,2-5,11H2,1H3. The monoisotopic (exact) mass is 227 g/mol. The van der Waals surface area contributed by atoms with Crippen LogP contribution in [-0.4, -0.2) is 42.2 Å². The Bertz CT molecular complexity index is 279. The summed E-state index contributed by atoms with van der Waals surface area (Å²) < 4.78 is 5.69. The Labute approximate surface area is 94.1 Å². The fourth-order valence-electron chi connectivity index (χ4n) is 2.08. The van der Waals surface area contributed by atoms with Crippen molar-refractivity contribution >= 4 is 11.3 Å². The van der Waals surface area contributed by atoms with Gasteiger partial charge in [-0.3, -0.25) is 4.90 Å². The molecule has 1 aliphatic heterocycles. The van der Waals surface area contributed by atoms with Gasteiger partial charge >= 0.3 is 0 Å². The summed E-state index contributed by atoms with van der Waals surface area (Å²) in [7, 11) is 0. The van der Waals surface area contributed by atoms with Crippen LogP contribution in [0.2, 0.25) is 0 Å². The van der Waals surface area contributed by atoms with E-state index >= 15 is 0 Å². The van der Waals surface area contributed by atoms with E-state index in [0.717, 1.165) is 25.4 Å². The summed E-state index contributed by atoms with van der Waals surface area (Å²) in [5.41, 5.74) is 8.70. The number of nitrogens with zero attached hydrogens (tertiary/aromatic N) is 2. The summed E-state index contributed by atoms with van der Waals surface area (Å²) >= 11 is 1.62. The highest BCUT2D eigenvalue weighted by Crippen LogP contribution is 2.28. The van der Waals surface area contributed by atoms with E-state index in [-0.39, 0.29) is 12.1 Å². The first kappa shape index (κ1) is 11.0. The maximum Gasteiger partial charge on any atom is 0.0910 e. The lowest BCUT2D eigenvalue weighted by Gasteiger charge is -2.39. The lowest BCUT2D eigenvalue weighted by molar-refractivity contribution is -0.0670. The second-order valence-electron chi connectivity index (χ2n) is 3.63. The van der Waals surface area contributed by atoms with Crippen LogP contribution in [0.3, 0.4) is 0 Å². The van der Waals surface area contributed by atoms with Gasteiger partial charge in [-0.15, -0.1) is 11.3 Å². The van der Waals surface area contributed by atoms with Crippen LogP contribution in [0.15, 0.2) is 10.9 Å². The molecule has 2 unspecified atom stereocenters. The van der Waals surface area contributed by atoms with Crippen molar-refractivity contribution in [3.63, 3.8) is 0 Å². The number of likely N-dealkylation sites (N-methyl/N-ethyl adjacent to an activating group) is 1. The Morgan fingerprint density at radius 2 is 2.60 bits per heavy atom. The van der Waals surface area contributed by atoms with Gasteiger partial charge in [-0.1, -0.05) is 6.92 Å². The second-order valence-corrected chi connectivity index (χ2v) is 4.35. The maximum atomic E-state index is 5.74. The highest BCUT2D eigenvalue weighted by atomic mass is 32.1. The van der Waals surface area contributed by atoms with Gasteiger partial charge in [0.2, 0.25) is 0 Å². The van der Waals surface area contributed by atoms with Gasteiger partial charge in [0.1, 0.15) is 0 Å². The molecule has 0 spiro atoms. The van der Waals surface area contributed by atoms with Crippen molar-refractivity contribution in [1.82, 2.24) is 9.88 Å². The molecule has 0 aromatic carbocycles. The number of thiazole rings is 1. The summed E-state index contributed by atoms with van der Waals surface area (Å²) in [6, 6.07) is 0.236. The number of hydrogen-bond acceptors (Lipinski definition) is 5. The van der Waals surface area contributed by atoms with Gasteiger partial charge in [0.25, 0.3) is 0 Å². The molecule has 0 amide bonds. The molecule has 0 aliphatic carbocycles. The third-order valence-corrected chi connectivity index (χ3v) is 3.45. The molecular formula is C10H17N3OS. The molecule has 0 saturated carbocycles. The van der Waals surface area contributed by atoms with Crippen molar-refractivity contribution in [2.75, 3.05) is 26.2 Å². The lowest BCUT2D eigenvalue weighted by Crippen LogP contribution is -2.48. The van der Waals surface area contributed by atoms with Crippen molar-refractivity contribution < 1.29 is 4.74 Å². The topological polar surface area (TPSA) is 51.4 Å². The number of morpholine rings is 1. The zero-order valence-corrected chi connectivity index (χ0v) is 9.74. The molecule has 2 rings (SSSR count). The van der Waals surface area contributed by atoms with Crippen molar-refractivity contribution in [2.24, 2.45) is 5.73 Å². The summed E-state index contributed by atoms with van der Waals surface area (Å²) in [6.07, 6.45) is 0.0841. The zero-order valence-electron chi connectivity index (χ0n) is 8.93. The Hall–Kier alpha value is -0.490. The molecule has 1 aliphatic rings. The third kappa shape index (κ3) is 2.20. The van der Waals surface area contributed by atoms with E-state index in [1.54, 1.807) is 11.3 Å². The fraction of sp³-hybridized carbons (Fsp3) is 0.700. The molecule has 0 radical (unpaired) electrons. The van der Waals surface area contributed by atoms with Crippen molar-refractivity contribution in [3.05, 3.63) is 16.6 Å². The molecule has 2 heterocycles. The zero-order chi connectivity index (χ0) is 10.7. The van der Waals surface area contributed by atoms with Gasteiger partial charge in [0, 0.05) is 18.5 Å². The minimum absolute atomic E-state index is 0.0841. The number of aromatic nitrogens is 1. The lowest BCUT2D eigenvalue weighted by atomic mass is 10.0. The third-order valence-electron chi connectivity index (χ3n) is 2.85. The van der Waals surface area contributed by atoms with Gasteiger partial charge in [-0.2, -0.15) is 0 Å². The maximum absolute atomic E-state index is 5.74. The normalized spacial score (nSPS) is 28.1. The summed E-state index contributed by atoms with van der Waals surface area (Å²) in [5.74, 6) is 0. The Balaban J connectivity index is 2.20. The molecule has 2 atom stereocenters. The predicted molar refractivity (Wildman–Crippen MR) is 60.9 cm³/mol. The van der Waals surface area contributed by atoms with E-state index in [0.29, 0.717) is 6.54 Å². The van der Waals surface area contributed by atoms with Crippen molar-refractivity contribution in [3.8, 4) is 0 Å². The van der Waals surface area contributed by atoms with Crippen LogP contribution in [0.4, 0.5) is 0 Å². The smallest absolute Gasteiger partial charge is 0.0910 e. The molecule has 1 aromatic heterocycles. The van der Waals surface area contributed by atoms with Gasteiger partial charge < -0.3 is 10.5 Å². The number of nitrogens with two attached hydrogens (primary N) is 1. The molecule has 1 fully saturated rings. The largest absolute Gasteiger partial charge is 0.374 e. The second kappa shape index (κ2) is 5.03. The van der Waals surface area contributed by atoms with Crippen molar-refractivity contribution in [1.29, 1.82) is 0 Å². The highest BCUT2D eigenvalue weighted by Gasteiger charge is 2.32. The highest BCUT2D eigenvalue weighted by molar-refractivity contribution is 7.07. The molecular weight excluding hydrogens is 210 g/mol. The summed E-state index contributed by atoms with van der Waals surface area (Å²) in [6.45, 7) is 5.48.